The quantitative estimate of drug-likeness (QED) is 0.590. The number of aryl methyl sites for hydroxylation is 1. The summed E-state index contributed by atoms with van der Waals surface area (Å²) in [6, 6.07) is 7.86. The molecule has 0 saturated carbocycles. The number of rotatable bonds is 8. The first kappa shape index (κ1) is 22.1. The Bertz CT molecular complexity index is 1050. The summed E-state index contributed by atoms with van der Waals surface area (Å²) >= 11 is 0. The SMILES string of the molecule is CCC[C@@H](c1nnnn1C(C)(C)C)N(CCO)Cc1cc2ccc(C)cc2[nH]c1=O. The van der Waals surface area contributed by atoms with Crippen LogP contribution in [0.15, 0.2) is 29.1 Å². The number of nitrogens with zero attached hydrogens (tertiary/aromatic N) is 5. The van der Waals surface area contributed by atoms with Crippen molar-refractivity contribution < 1.29 is 5.11 Å². The first-order chi connectivity index (χ1) is 14.2. The molecule has 8 heteroatoms. The Kier molecular flexibility index (Phi) is 6.67. The Morgan fingerprint density at radius 3 is 2.70 bits per heavy atom. The Morgan fingerprint density at radius 2 is 2.03 bits per heavy atom. The minimum atomic E-state index is -0.270. The fourth-order valence-electron chi connectivity index (χ4n) is 3.80. The van der Waals surface area contributed by atoms with E-state index in [1.165, 1.54) is 0 Å². The second kappa shape index (κ2) is 9.06. The number of aliphatic hydroxyl groups excluding tert-OH is 1. The third-order valence-electron chi connectivity index (χ3n) is 5.27. The van der Waals surface area contributed by atoms with Crippen LogP contribution in [0.2, 0.25) is 0 Å². The monoisotopic (exact) mass is 412 g/mol. The molecular weight excluding hydrogens is 380 g/mol. The molecule has 0 spiro atoms. The summed E-state index contributed by atoms with van der Waals surface area (Å²) in [6.45, 7) is 11.1. The highest BCUT2D eigenvalue weighted by atomic mass is 16.3. The number of nitrogens with one attached hydrogen (secondary N) is 1. The Hall–Kier alpha value is -2.58. The zero-order valence-corrected chi connectivity index (χ0v) is 18.5. The zero-order valence-electron chi connectivity index (χ0n) is 18.5. The Morgan fingerprint density at radius 1 is 1.27 bits per heavy atom. The summed E-state index contributed by atoms with van der Waals surface area (Å²) in [5, 5.41) is 23.2. The third-order valence-corrected chi connectivity index (χ3v) is 5.27. The van der Waals surface area contributed by atoms with E-state index in [0.717, 1.165) is 35.1 Å². The molecule has 0 bridgehead atoms. The van der Waals surface area contributed by atoms with Crippen molar-refractivity contribution in [3.8, 4) is 0 Å². The van der Waals surface area contributed by atoms with Crippen LogP contribution in [0.5, 0.6) is 0 Å². The van der Waals surface area contributed by atoms with Gasteiger partial charge in [0.1, 0.15) is 0 Å². The second-order valence-corrected chi connectivity index (χ2v) is 8.83. The molecule has 2 aromatic heterocycles. The molecule has 3 rings (SSSR count). The van der Waals surface area contributed by atoms with Gasteiger partial charge >= 0.3 is 0 Å². The van der Waals surface area contributed by atoms with E-state index in [2.05, 4.69) is 53.1 Å². The average Bonchev–Trinajstić information content (AvgIpc) is 3.16. The van der Waals surface area contributed by atoms with Crippen LogP contribution in [0.25, 0.3) is 10.9 Å². The van der Waals surface area contributed by atoms with Gasteiger partial charge in [0.15, 0.2) is 5.82 Å². The van der Waals surface area contributed by atoms with Crippen molar-refractivity contribution in [3.05, 3.63) is 51.6 Å². The number of aliphatic hydroxyl groups is 1. The summed E-state index contributed by atoms with van der Waals surface area (Å²) in [6.07, 6.45) is 1.75. The second-order valence-electron chi connectivity index (χ2n) is 8.83. The van der Waals surface area contributed by atoms with Gasteiger partial charge in [-0.1, -0.05) is 25.5 Å². The van der Waals surface area contributed by atoms with Gasteiger partial charge in [0.2, 0.25) is 0 Å². The maximum atomic E-state index is 12.8. The molecule has 8 nitrogen and oxygen atoms in total. The summed E-state index contributed by atoms with van der Waals surface area (Å²) in [5.74, 6) is 0.755. The van der Waals surface area contributed by atoms with E-state index in [1.54, 1.807) is 0 Å². The van der Waals surface area contributed by atoms with Gasteiger partial charge in [-0.05, 0) is 67.6 Å². The van der Waals surface area contributed by atoms with E-state index < -0.39 is 0 Å². The van der Waals surface area contributed by atoms with Gasteiger partial charge in [0.05, 0.1) is 18.2 Å². The number of benzene rings is 1. The largest absolute Gasteiger partial charge is 0.395 e. The van der Waals surface area contributed by atoms with E-state index in [1.807, 2.05) is 35.9 Å². The lowest BCUT2D eigenvalue weighted by Gasteiger charge is -2.32. The average molecular weight is 413 g/mol. The lowest BCUT2D eigenvalue weighted by Crippen LogP contribution is -2.37. The topological polar surface area (TPSA) is 99.9 Å². The molecule has 0 aliphatic rings. The minimum absolute atomic E-state index is 0.0119. The highest BCUT2D eigenvalue weighted by molar-refractivity contribution is 5.79. The van der Waals surface area contributed by atoms with Gasteiger partial charge in [0, 0.05) is 24.2 Å². The molecule has 0 saturated heterocycles. The van der Waals surface area contributed by atoms with Crippen molar-refractivity contribution in [2.45, 2.75) is 65.6 Å². The molecule has 0 radical (unpaired) electrons. The van der Waals surface area contributed by atoms with Crippen LogP contribution in [0.3, 0.4) is 0 Å². The maximum Gasteiger partial charge on any atom is 0.252 e. The van der Waals surface area contributed by atoms with E-state index in [4.69, 9.17) is 0 Å². The van der Waals surface area contributed by atoms with Crippen molar-refractivity contribution in [2.75, 3.05) is 13.2 Å². The first-order valence-corrected chi connectivity index (χ1v) is 10.5. The number of aromatic amines is 1. The lowest BCUT2D eigenvalue weighted by atomic mass is 10.0. The fourth-order valence-corrected chi connectivity index (χ4v) is 3.80. The van der Waals surface area contributed by atoms with Crippen LogP contribution in [0.4, 0.5) is 0 Å². The zero-order chi connectivity index (χ0) is 21.9. The number of H-pyrrole nitrogens is 1. The van der Waals surface area contributed by atoms with Crippen LogP contribution in [0, 0.1) is 6.92 Å². The minimum Gasteiger partial charge on any atom is -0.395 e. The number of hydrogen-bond acceptors (Lipinski definition) is 6. The number of aromatic nitrogens is 5. The van der Waals surface area contributed by atoms with Crippen molar-refractivity contribution in [2.24, 2.45) is 0 Å². The number of hydrogen-bond donors (Lipinski definition) is 2. The molecule has 162 valence electrons. The van der Waals surface area contributed by atoms with Gasteiger partial charge in [-0.25, -0.2) is 4.68 Å². The van der Waals surface area contributed by atoms with Crippen LogP contribution >= 0.6 is 0 Å². The predicted molar refractivity (Wildman–Crippen MR) is 117 cm³/mol. The molecule has 1 aromatic carbocycles. The molecule has 0 unspecified atom stereocenters. The first-order valence-electron chi connectivity index (χ1n) is 10.5. The van der Waals surface area contributed by atoms with E-state index >= 15 is 0 Å². The maximum absolute atomic E-state index is 12.8. The molecule has 0 fully saturated rings. The number of tetrazole rings is 1. The summed E-state index contributed by atoms with van der Waals surface area (Å²) in [4.78, 5) is 17.9. The highest BCUT2D eigenvalue weighted by Gasteiger charge is 2.29. The van der Waals surface area contributed by atoms with E-state index in [0.29, 0.717) is 18.7 Å². The van der Waals surface area contributed by atoms with Crippen LogP contribution in [0.1, 0.15) is 63.5 Å². The van der Waals surface area contributed by atoms with Gasteiger partial charge in [-0.3, -0.25) is 9.69 Å². The smallest absolute Gasteiger partial charge is 0.252 e. The summed E-state index contributed by atoms with van der Waals surface area (Å²) < 4.78 is 1.84. The van der Waals surface area contributed by atoms with Gasteiger partial charge in [-0.2, -0.15) is 0 Å². The van der Waals surface area contributed by atoms with Crippen LogP contribution in [-0.2, 0) is 12.1 Å². The molecular formula is C22H32N6O2. The molecule has 0 amide bonds. The standard InChI is InChI=1S/C22H32N6O2/c1-6-7-19(20-24-25-26-28(20)22(3,4)5)27(10-11-29)14-17-13-16-9-8-15(2)12-18(16)23-21(17)30/h8-9,12-13,19,29H,6-7,10-11,14H2,1-5H3,(H,23,30)/t19-/m0/s1. The van der Waals surface area contributed by atoms with Gasteiger partial charge in [0.25, 0.3) is 5.56 Å². The van der Waals surface area contributed by atoms with Crippen molar-refractivity contribution >= 4 is 10.9 Å². The van der Waals surface area contributed by atoms with Gasteiger partial charge in [-0.15, -0.1) is 5.10 Å². The van der Waals surface area contributed by atoms with Crippen LogP contribution in [-0.4, -0.2) is 48.3 Å². The predicted octanol–water partition coefficient (Wildman–Crippen LogP) is 2.91. The summed E-state index contributed by atoms with van der Waals surface area (Å²) in [5.41, 5.74) is 2.22. The van der Waals surface area contributed by atoms with Crippen molar-refractivity contribution in [1.29, 1.82) is 0 Å². The lowest BCUT2D eigenvalue weighted by molar-refractivity contribution is 0.123. The molecule has 0 aliphatic heterocycles. The fraction of sp³-hybridized carbons (Fsp3) is 0.545. The number of pyridine rings is 1. The molecule has 30 heavy (non-hydrogen) atoms. The summed E-state index contributed by atoms with van der Waals surface area (Å²) in [7, 11) is 0. The number of fused-ring (bicyclic) bond motifs is 1. The van der Waals surface area contributed by atoms with E-state index in [9.17, 15) is 9.90 Å². The third kappa shape index (κ3) is 4.76. The Balaban J connectivity index is 2.00. The van der Waals surface area contributed by atoms with Crippen molar-refractivity contribution in [3.63, 3.8) is 0 Å². The Labute approximate surface area is 176 Å². The highest BCUT2D eigenvalue weighted by Crippen LogP contribution is 2.28. The van der Waals surface area contributed by atoms with Crippen molar-refractivity contribution in [1.82, 2.24) is 30.1 Å². The molecule has 0 aliphatic carbocycles. The molecule has 3 aromatic rings. The molecule has 2 heterocycles. The van der Waals surface area contributed by atoms with Crippen LogP contribution < -0.4 is 5.56 Å². The molecule has 1 atom stereocenters. The van der Waals surface area contributed by atoms with E-state index in [-0.39, 0.29) is 23.7 Å². The normalized spacial score (nSPS) is 13.3. The van der Waals surface area contributed by atoms with Gasteiger partial charge < -0.3 is 10.1 Å². The molecule has 2 N–H and O–H groups in total.